The average molecular weight is 234 g/mol. The minimum atomic E-state index is 0.270. The lowest BCUT2D eigenvalue weighted by Gasteiger charge is -2.33. The van der Waals surface area contributed by atoms with Gasteiger partial charge in [0.15, 0.2) is 0 Å². The Balaban J connectivity index is 0.00000121. The zero-order chi connectivity index (χ0) is 13.7. The van der Waals surface area contributed by atoms with Gasteiger partial charge in [0.1, 0.15) is 0 Å². The third-order valence-corrected chi connectivity index (χ3v) is 2.81. The van der Waals surface area contributed by atoms with Crippen molar-refractivity contribution >= 4 is 0 Å². The normalized spacial score (nSPS) is 11.8. The molecule has 1 aromatic carbocycles. The highest BCUT2D eigenvalue weighted by Crippen LogP contribution is 2.36. The van der Waals surface area contributed by atoms with Gasteiger partial charge in [-0.1, -0.05) is 78.3 Å². The highest BCUT2D eigenvalue weighted by atomic mass is 14.3. The quantitative estimate of drug-likeness (QED) is 0.612. The van der Waals surface area contributed by atoms with E-state index in [4.69, 9.17) is 0 Å². The predicted octanol–water partition coefficient (Wildman–Crippen LogP) is 5.74. The van der Waals surface area contributed by atoms with Crippen LogP contribution in [0.25, 0.3) is 0 Å². The Labute approximate surface area is 108 Å². The molecule has 1 rings (SSSR count). The van der Waals surface area contributed by atoms with Crippen molar-refractivity contribution in [3.05, 3.63) is 35.4 Å². The highest BCUT2D eigenvalue weighted by molar-refractivity contribution is 5.27. The molecule has 0 radical (unpaired) electrons. The number of aryl methyl sites for hydroxylation is 1. The minimum Gasteiger partial charge on any atom is -0.0683 e. The molecule has 0 unspecified atom stereocenters. The van der Waals surface area contributed by atoms with Crippen molar-refractivity contribution in [3.63, 3.8) is 0 Å². The van der Waals surface area contributed by atoms with E-state index in [1.807, 2.05) is 13.8 Å². The van der Waals surface area contributed by atoms with Gasteiger partial charge < -0.3 is 0 Å². The van der Waals surface area contributed by atoms with E-state index in [-0.39, 0.29) is 5.41 Å². The molecule has 1 aromatic rings. The summed E-state index contributed by atoms with van der Waals surface area (Å²) in [5.41, 5.74) is 3.44. The first-order valence-electron chi connectivity index (χ1n) is 6.78. The minimum absolute atomic E-state index is 0.270. The molecule has 0 heterocycles. The summed E-state index contributed by atoms with van der Waals surface area (Å²) in [5, 5.41) is 0. The molecule has 0 fully saturated rings. The van der Waals surface area contributed by atoms with Gasteiger partial charge in [0.25, 0.3) is 0 Å². The van der Waals surface area contributed by atoms with Crippen molar-refractivity contribution in [1.82, 2.24) is 0 Å². The van der Waals surface area contributed by atoms with E-state index >= 15 is 0 Å². The Morgan fingerprint density at radius 3 is 1.59 bits per heavy atom. The Kier molecular flexibility index (Phi) is 5.95. The Bertz CT molecular complexity index is 309. The van der Waals surface area contributed by atoms with E-state index < -0.39 is 0 Å². The first-order valence-corrected chi connectivity index (χ1v) is 6.78. The maximum Gasteiger partial charge on any atom is -0.00986 e. The maximum atomic E-state index is 2.34. The van der Waals surface area contributed by atoms with Gasteiger partial charge in [-0.25, -0.2) is 0 Å². The zero-order valence-electron chi connectivity index (χ0n) is 13.0. The maximum absolute atomic E-state index is 2.34. The molecule has 17 heavy (non-hydrogen) atoms. The van der Waals surface area contributed by atoms with Crippen LogP contribution in [0.5, 0.6) is 0 Å². The van der Waals surface area contributed by atoms with E-state index in [1.54, 1.807) is 0 Å². The molecule has 0 heteroatoms. The van der Waals surface area contributed by atoms with E-state index in [1.165, 1.54) is 17.5 Å². The number of rotatable bonds is 2. The summed E-state index contributed by atoms with van der Waals surface area (Å²) >= 11 is 0. The van der Waals surface area contributed by atoms with Crippen molar-refractivity contribution in [2.24, 2.45) is 5.41 Å². The molecule has 98 valence electrons. The van der Waals surface area contributed by atoms with Crippen LogP contribution in [0.3, 0.4) is 0 Å². The van der Waals surface area contributed by atoms with Crippen molar-refractivity contribution in [3.8, 4) is 0 Å². The molecular weight excluding hydrogens is 204 g/mol. The van der Waals surface area contributed by atoms with E-state index in [0.717, 1.165) is 0 Å². The molecule has 0 bridgehead atoms. The van der Waals surface area contributed by atoms with E-state index in [2.05, 4.69) is 65.8 Å². The molecule has 0 amide bonds. The van der Waals surface area contributed by atoms with Crippen molar-refractivity contribution in [2.45, 2.75) is 67.2 Å². The smallest absolute Gasteiger partial charge is 0.00986 e. The fourth-order valence-electron chi connectivity index (χ4n) is 2.43. The zero-order valence-corrected chi connectivity index (χ0v) is 13.0. The fourth-order valence-corrected chi connectivity index (χ4v) is 2.43. The second kappa shape index (κ2) is 6.23. The predicted molar refractivity (Wildman–Crippen MR) is 79.6 cm³/mol. The second-order valence-corrected chi connectivity index (χ2v) is 6.49. The van der Waals surface area contributed by atoms with Crippen LogP contribution in [0.15, 0.2) is 24.3 Å². The molecule has 0 aliphatic rings. The third kappa shape index (κ3) is 5.91. The Morgan fingerprint density at radius 2 is 1.24 bits per heavy atom. The lowest BCUT2D eigenvalue weighted by molar-refractivity contribution is 0.284. The van der Waals surface area contributed by atoms with Crippen LogP contribution >= 0.6 is 0 Å². The molecule has 0 atom stereocenters. The third-order valence-electron chi connectivity index (χ3n) is 2.81. The van der Waals surface area contributed by atoms with Gasteiger partial charge in [-0.3, -0.25) is 0 Å². The summed E-state index contributed by atoms with van der Waals surface area (Å²) in [6.07, 6.45) is 1.21. The Hall–Kier alpha value is -0.780. The molecule has 0 saturated heterocycles. The number of hydrogen-bond donors (Lipinski definition) is 0. The molecular formula is C17H30. The van der Waals surface area contributed by atoms with Crippen LogP contribution in [0, 0.1) is 12.3 Å². The van der Waals surface area contributed by atoms with Crippen LogP contribution in [0.1, 0.15) is 66.0 Å². The van der Waals surface area contributed by atoms with Crippen molar-refractivity contribution < 1.29 is 0 Å². The van der Waals surface area contributed by atoms with Gasteiger partial charge in [-0.05, 0) is 29.7 Å². The summed E-state index contributed by atoms with van der Waals surface area (Å²) in [7, 11) is 0. The highest BCUT2D eigenvalue weighted by Gasteiger charge is 2.26. The monoisotopic (exact) mass is 234 g/mol. The van der Waals surface area contributed by atoms with Crippen LogP contribution in [-0.4, -0.2) is 0 Å². The number of benzene rings is 1. The van der Waals surface area contributed by atoms with Crippen LogP contribution in [0.2, 0.25) is 0 Å². The van der Waals surface area contributed by atoms with Crippen LogP contribution in [0.4, 0.5) is 0 Å². The summed E-state index contributed by atoms with van der Waals surface area (Å²) in [5.74, 6) is 0. The molecule has 0 aliphatic heterocycles. The van der Waals surface area contributed by atoms with Gasteiger partial charge >= 0.3 is 0 Å². The van der Waals surface area contributed by atoms with E-state index in [0.29, 0.717) is 5.41 Å². The largest absolute Gasteiger partial charge is 0.0683 e. The fraction of sp³-hybridized carbons (Fsp3) is 0.647. The standard InChI is InChI=1S/C15H24.C2H6/c1-12-7-9-13(10-8-12)15(5,6)11-14(2,3)4;1-2/h7-10H,11H2,1-6H3;1-2H3. The first-order chi connectivity index (χ1) is 7.71. The van der Waals surface area contributed by atoms with Gasteiger partial charge in [0.05, 0.1) is 0 Å². The molecule has 0 N–H and O–H groups in total. The second-order valence-electron chi connectivity index (χ2n) is 6.49. The van der Waals surface area contributed by atoms with Crippen LogP contribution < -0.4 is 0 Å². The van der Waals surface area contributed by atoms with Gasteiger partial charge in [0, 0.05) is 0 Å². The molecule has 0 spiro atoms. The molecule has 0 aromatic heterocycles. The average Bonchev–Trinajstić information content (AvgIpc) is 2.18. The van der Waals surface area contributed by atoms with E-state index in [9.17, 15) is 0 Å². The summed E-state index contributed by atoms with van der Waals surface area (Å²) in [6, 6.07) is 8.95. The lowest BCUT2D eigenvalue weighted by Crippen LogP contribution is -2.24. The topological polar surface area (TPSA) is 0 Å². The summed E-state index contributed by atoms with van der Waals surface area (Å²) in [6.45, 7) is 17.7. The molecule has 0 nitrogen and oxygen atoms in total. The number of hydrogen-bond acceptors (Lipinski definition) is 0. The van der Waals surface area contributed by atoms with Gasteiger partial charge in [-0.15, -0.1) is 0 Å². The Morgan fingerprint density at radius 1 is 0.824 bits per heavy atom. The van der Waals surface area contributed by atoms with Gasteiger partial charge in [0.2, 0.25) is 0 Å². The molecule has 0 aliphatic carbocycles. The first kappa shape index (κ1) is 16.2. The van der Waals surface area contributed by atoms with Crippen molar-refractivity contribution in [2.75, 3.05) is 0 Å². The van der Waals surface area contributed by atoms with Gasteiger partial charge in [-0.2, -0.15) is 0 Å². The summed E-state index contributed by atoms with van der Waals surface area (Å²) in [4.78, 5) is 0. The lowest BCUT2D eigenvalue weighted by atomic mass is 9.72. The SMILES string of the molecule is CC.Cc1ccc(C(C)(C)CC(C)(C)C)cc1. The van der Waals surface area contributed by atoms with Crippen molar-refractivity contribution in [1.29, 1.82) is 0 Å². The summed E-state index contributed by atoms with van der Waals surface area (Å²) < 4.78 is 0. The van der Waals surface area contributed by atoms with Crippen LogP contribution in [-0.2, 0) is 5.41 Å². The molecule has 0 saturated carbocycles.